The second-order valence-electron chi connectivity index (χ2n) is 6.17. The molecule has 1 rings (SSSR count). The van der Waals surface area contributed by atoms with Gasteiger partial charge in [-0.05, 0) is 18.8 Å². The van der Waals surface area contributed by atoms with E-state index < -0.39 is 0 Å². The Morgan fingerprint density at radius 2 is 1.82 bits per heavy atom. The number of hydrogen-bond donors (Lipinski definition) is 0. The minimum atomic E-state index is 0.0257. The first kappa shape index (κ1) is 14.7. The van der Waals surface area contributed by atoms with Crippen LogP contribution in [0.5, 0.6) is 0 Å². The number of carbonyl (C=O) groups excluding carboxylic acids is 1. The minimum Gasteiger partial charge on any atom is -0.299 e. The monoisotopic (exact) mass is 238 g/mol. The molecule has 0 amide bonds. The van der Waals surface area contributed by atoms with Crippen molar-refractivity contribution < 1.29 is 4.79 Å². The van der Waals surface area contributed by atoms with Crippen molar-refractivity contribution in [3.8, 4) is 0 Å². The van der Waals surface area contributed by atoms with Gasteiger partial charge in [-0.15, -0.1) is 0 Å². The Morgan fingerprint density at radius 3 is 2.35 bits per heavy atom. The van der Waals surface area contributed by atoms with E-state index in [0.29, 0.717) is 11.7 Å². The van der Waals surface area contributed by atoms with Gasteiger partial charge in [-0.3, -0.25) is 4.79 Å². The van der Waals surface area contributed by atoms with E-state index in [1.165, 1.54) is 44.9 Å². The smallest absolute Gasteiger partial charge is 0.139 e. The number of rotatable bonds is 7. The highest BCUT2D eigenvalue weighted by Gasteiger charge is 2.34. The van der Waals surface area contributed by atoms with E-state index in [4.69, 9.17) is 0 Å². The van der Waals surface area contributed by atoms with Crippen molar-refractivity contribution in [1.29, 1.82) is 0 Å². The van der Waals surface area contributed by atoms with Crippen LogP contribution in [-0.2, 0) is 4.79 Å². The minimum absolute atomic E-state index is 0.0257. The summed E-state index contributed by atoms with van der Waals surface area (Å²) in [4.78, 5) is 12.5. The Labute approximate surface area is 107 Å². The van der Waals surface area contributed by atoms with Crippen molar-refractivity contribution in [3.63, 3.8) is 0 Å². The molecular formula is C16H30O. The van der Waals surface area contributed by atoms with Crippen LogP contribution in [0, 0.1) is 11.3 Å². The standard InChI is InChI=1S/C16H30O/c1-4-6-10-14(5-2)13-15(17)16(3)11-8-7-9-12-16/h14H,4-13H2,1-3H3. The molecule has 0 N–H and O–H groups in total. The predicted molar refractivity (Wildman–Crippen MR) is 74.1 cm³/mol. The summed E-state index contributed by atoms with van der Waals surface area (Å²) in [5, 5.41) is 0. The van der Waals surface area contributed by atoms with E-state index in [2.05, 4.69) is 20.8 Å². The molecule has 1 aliphatic carbocycles. The lowest BCUT2D eigenvalue weighted by atomic mass is 9.70. The molecule has 0 spiro atoms. The summed E-state index contributed by atoms with van der Waals surface area (Å²) in [6, 6.07) is 0. The molecule has 0 aliphatic heterocycles. The summed E-state index contributed by atoms with van der Waals surface area (Å²) in [6.07, 6.45) is 11.9. The van der Waals surface area contributed by atoms with E-state index >= 15 is 0 Å². The molecule has 1 nitrogen and oxygen atoms in total. The molecule has 0 bridgehead atoms. The fraction of sp³-hybridized carbons (Fsp3) is 0.938. The molecule has 1 heteroatoms. The maximum atomic E-state index is 12.5. The molecule has 0 heterocycles. The summed E-state index contributed by atoms with van der Waals surface area (Å²) < 4.78 is 0. The van der Waals surface area contributed by atoms with E-state index in [0.717, 1.165) is 19.3 Å². The van der Waals surface area contributed by atoms with Crippen LogP contribution < -0.4 is 0 Å². The average Bonchev–Trinajstić information content (AvgIpc) is 2.35. The first-order chi connectivity index (χ1) is 8.12. The lowest BCUT2D eigenvalue weighted by Gasteiger charge is -2.33. The van der Waals surface area contributed by atoms with Gasteiger partial charge in [0.25, 0.3) is 0 Å². The number of Topliss-reactive ketones (excluding diaryl/α,β-unsaturated/α-hetero) is 1. The first-order valence-electron chi connectivity index (χ1n) is 7.65. The zero-order valence-corrected chi connectivity index (χ0v) is 12.1. The van der Waals surface area contributed by atoms with Gasteiger partial charge in [0.1, 0.15) is 5.78 Å². The van der Waals surface area contributed by atoms with Crippen molar-refractivity contribution in [2.45, 2.75) is 85.0 Å². The van der Waals surface area contributed by atoms with Gasteiger partial charge in [0.05, 0.1) is 0 Å². The third-order valence-electron chi connectivity index (χ3n) is 4.65. The molecule has 1 aliphatic rings. The maximum absolute atomic E-state index is 12.5. The number of carbonyl (C=O) groups is 1. The Bertz CT molecular complexity index is 226. The van der Waals surface area contributed by atoms with Crippen molar-refractivity contribution in [1.82, 2.24) is 0 Å². The van der Waals surface area contributed by atoms with Crippen molar-refractivity contribution in [2.75, 3.05) is 0 Å². The third kappa shape index (κ3) is 4.44. The van der Waals surface area contributed by atoms with Crippen LogP contribution in [0.2, 0.25) is 0 Å². The molecule has 1 fully saturated rings. The van der Waals surface area contributed by atoms with Crippen LogP contribution in [-0.4, -0.2) is 5.78 Å². The highest BCUT2D eigenvalue weighted by molar-refractivity contribution is 5.84. The van der Waals surface area contributed by atoms with Crippen LogP contribution in [0.25, 0.3) is 0 Å². The molecule has 1 saturated carbocycles. The molecule has 100 valence electrons. The predicted octanol–water partition coefficient (Wildman–Crippen LogP) is 5.13. The molecule has 1 unspecified atom stereocenters. The van der Waals surface area contributed by atoms with Crippen LogP contribution in [0.4, 0.5) is 0 Å². The third-order valence-corrected chi connectivity index (χ3v) is 4.65. The molecule has 0 radical (unpaired) electrons. The van der Waals surface area contributed by atoms with Crippen molar-refractivity contribution in [3.05, 3.63) is 0 Å². The summed E-state index contributed by atoms with van der Waals surface area (Å²) in [5.41, 5.74) is 0.0257. The van der Waals surface area contributed by atoms with Gasteiger partial charge in [-0.25, -0.2) is 0 Å². The Morgan fingerprint density at radius 1 is 1.18 bits per heavy atom. The second-order valence-corrected chi connectivity index (χ2v) is 6.17. The first-order valence-corrected chi connectivity index (χ1v) is 7.65. The highest BCUT2D eigenvalue weighted by Crippen LogP contribution is 2.38. The number of hydrogen-bond acceptors (Lipinski definition) is 1. The molecule has 0 aromatic carbocycles. The average molecular weight is 238 g/mol. The fourth-order valence-electron chi connectivity index (χ4n) is 3.06. The van der Waals surface area contributed by atoms with Gasteiger partial charge in [0.15, 0.2) is 0 Å². The highest BCUT2D eigenvalue weighted by atomic mass is 16.1. The van der Waals surface area contributed by atoms with Gasteiger partial charge in [-0.2, -0.15) is 0 Å². The Kier molecular flexibility index (Phi) is 6.22. The van der Waals surface area contributed by atoms with Gasteiger partial charge < -0.3 is 0 Å². The molecule has 0 aromatic heterocycles. The zero-order valence-electron chi connectivity index (χ0n) is 12.1. The van der Waals surface area contributed by atoms with E-state index in [9.17, 15) is 4.79 Å². The summed E-state index contributed by atoms with van der Waals surface area (Å²) in [7, 11) is 0. The maximum Gasteiger partial charge on any atom is 0.139 e. The largest absolute Gasteiger partial charge is 0.299 e. The number of unbranched alkanes of at least 4 members (excludes halogenated alkanes) is 1. The molecule has 0 aromatic rings. The van der Waals surface area contributed by atoms with Crippen LogP contribution in [0.1, 0.15) is 85.0 Å². The SMILES string of the molecule is CCCCC(CC)CC(=O)C1(C)CCCCC1. The lowest BCUT2D eigenvalue weighted by molar-refractivity contribution is -0.130. The Hall–Kier alpha value is -0.330. The molecule has 17 heavy (non-hydrogen) atoms. The van der Waals surface area contributed by atoms with Crippen molar-refractivity contribution in [2.24, 2.45) is 11.3 Å². The van der Waals surface area contributed by atoms with Crippen LogP contribution in [0.15, 0.2) is 0 Å². The summed E-state index contributed by atoms with van der Waals surface area (Å²) in [6.45, 7) is 6.68. The van der Waals surface area contributed by atoms with Gasteiger partial charge in [0.2, 0.25) is 0 Å². The quantitative estimate of drug-likeness (QED) is 0.600. The second kappa shape index (κ2) is 7.18. The normalized spacial score (nSPS) is 21.1. The topological polar surface area (TPSA) is 17.1 Å². The molecule has 1 atom stereocenters. The fourth-order valence-corrected chi connectivity index (χ4v) is 3.06. The number of ketones is 1. The van der Waals surface area contributed by atoms with E-state index in [1.54, 1.807) is 0 Å². The van der Waals surface area contributed by atoms with Crippen LogP contribution in [0.3, 0.4) is 0 Å². The molecule has 0 saturated heterocycles. The van der Waals surface area contributed by atoms with Gasteiger partial charge >= 0.3 is 0 Å². The van der Waals surface area contributed by atoms with Crippen LogP contribution >= 0.6 is 0 Å². The van der Waals surface area contributed by atoms with E-state index in [1.807, 2.05) is 0 Å². The van der Waals surface area contributed by atoms with Gasteiger partial charge in [-0.1, -0.05) is 65.7 Å². The van der Waals surface area contributed by atoms with E-state index in [-0.39, 0.29) is 5.41 Å². The Balaban J connectivity index is 2.45. The zero-order chi connectivity index (χ0) is 12.7. The van der Waals surface area contributed by atoms with Gasteiger partial charge in [0, 0.05) is 11.8 Å². The van der Waals surface area contributed by atoms with Crippen molar-refractivity contribution >= 4 is 5.78 Å². The molecular weight excluding hydrogens is 208 g/mol. The lowest BCUT2D eigenvalue weighted by Crippen LogP contribution is -2.31. The summed E-state index contributed by atoms with van der Waals surface area (Å²) in [5.74, 6) is 1.20. The summed E-state index contributed by atoms with van der Waals surface area (Å²) >= 11 is 0.